The van der Waals surface area contributed by atoms with Gasteiger partial charge in [-0.2, -0.15) is 5.26 Å². The topological polar surface area (TPSA) is 67.6 Å². The number of imidazole rings is 1. The number of rotatable bonds is 1. The van der Waals surface area contributed by atoms with Gasteiger partial charge >= 0.3 is 0 Å². The second kappa shape index (κ2) is 4.51. The molecule has 0 aliphatic carbocycles. The summed E-state index contributed by atoms with van der Waals surface area (Å²) in [6.07, 6.45) is 0. The standard InChI is InChI=1S/C14H8ClFN4/c15-10-3-1-8(7-17)5-13(10)20-12-4-2-9(16)6-11(12)19-14(20)18/h1-6H,(H2,18,19). The molecule has 0 bridgehead atoms. The van der Waals surface area contributed by atoms with E-state index in [9.17, 15) is 4.39 Å². The molecular formula is C14H8ClFN4. The maximum Gasteiger partial charge on any atom is 0.205 e. The van der Waals surface area contributed by atoms with Crippen LogP contribution in [0, 0.1) is 17.1 Å². The van der Waals surface area contributed by atoms with E-state index < -0.39 is 0 Å². The number of nitrogen functional groups attached to an aromatic ring is 1. The van der Waals surface area contributed by atoms with Gasteiger partial charge in [-0.25, -0.2) is 9.37 Å². The van der Waals surface area contributed by atoms with Crippen LogP contribution in [0.3, 0.4) is 0 Å². The number of nitrogens with two attached hydrogens (primary N) is 1. The first-order valence-electron chi connectivity index (χ1n) is 5.73. The minimum absolute atomic E-state index is 0.183. The summed E-state index contributed by atoms with van der Waals surface area (Å²) in [4.78, 5) is 4.11. The lowest BCUT2D eigenvalue weighted by Crippen LogP contribution is -2.01. The molecule has 0 saturated heterocycles. The SMILES string of the molecule is N#Cc1ccc(Cl)c(-n2c(N)nc3cc(F)ccc32)c1. The van der Waals surface area contributed by atoms with Gasteiger partial charge in [-0.15, -0.1) is 0 Å². The first kappa shape index (κ1) is 12.5. The molecule has 0 radical (unpaired) electrons. The molecule has 6 heteroatoms. The van der Waals surface area contributed by atoms with Gasteiger partial charge in [0, 0.05) is 6.07 Å². The summed E-state index contributed by atoms with van der Waals surface area (Å²) < 4.78 is 14.8. The molecule has 4 nitrogen and oxygen atoms in total. The monoisotopic (exact) mass is 286 g/mol. The zero-order valence-electron chi connectivity index (χ0n) is 10.1. The average molecular weight is 287 g/mol. The highest BCUT2D eigenvalue weighted by atomic mass is 35.5. The number of hydrogen-bond acceptors (Lipinski definition) is 3. The third-order valence-electron chi connectivity index (χ3n) is 2.96. The molecule has 0 fully saturated rings. The fourth-order valence-corrected chi connectivity index (χ4v) is 2.28. The highest BCUT2D eigenvalue weighted by Gasteiger charge is 2.13. The second-order valence-corrected chi connectivity index (χ2v) is 4.62. The second-order valence-electron chi connectivity index (χ2n) is 4.22. The van der Waals surface area contributed by atoms with Crippen molar-refractivity contribution in [3.05, 3.63) is 52.8 Å². The molecule has 0 aliphatic heterocycles. The molecule has 0 atom stereocenters. The number of fused-ring (bicyclic) bond motifs is 1. The predicted octanol–water partition coefficient (Wildman–Crippen LogP) is 3.27. The molecule has 2 N–H and O–H groups in total. The van der Waals surface area contributed by atoms with Gasteiger partial charge in [0.1, 0.15) is 5.82 Å². The van der Waals surface area contributed by atoms with Crippen LogP contribution in [0.25, 0.3) is 16.7 Å². The number of anilines is 1. The number of nitriles is 1. The van der Waals surface area contributed by atoms with E-state index in [1.807, 2.05) is 6.07 Å². The molecule has 0 spiro atoms. The summed E-state index contributed by atoms with van der Waals surface area (Å²) in [5.41, 5.74) is 7.93. The Balaban J connectivity index is 2.35. The lowest BCUT2D eigenvalue weighted by molar-refractivity contribution is 0.629. The van der Waals surface area contributed by atoms with Crippen molar-refractivity contribution in [2.45, 2.75) is 0 Å². The van der Waals surface area contributed by atoms with Crippen LogP contribution in [0.15, 0.2) is 36.4 Å². The Labute approximate surface area is 118 Å². The van der Waals surface area contributed by atoms with Crippen molar-refractivity contribution in [1.82, 2.24) is 9.55 Å². The van der Waals surface area contributed by atoms with Crippen LogP contribution in [-0.4, -0.2) is 9.55 Å². The molecule has 1 heterocycles. The third kappa shape index (κ3) is 1.87. The highest BCUT2D eigenvalue weighted by molar-refractivity contribution is 6.32. The maximum atomic E-state index is 13.2. The Kier molecular flexibility index (Phi) is 2.81. The van der Waals surface area contributed by atoms with E-state index in [0.29, 0.717) is 27.3 Å². The summed E-state index contributed by atoms with van der Waals surface area (Å²) in [6.45, 7) is 0. The Bertz CT molecular complexity index is 863. The molecule has 0 aliphatic rings. The largest absolute Gasteiger partial charge is 0.369 e. The molecule has 3 aromatic rings. The van der Waals surface area contributed by atoms with Gasteiger partial charge in [0.05, 0.1) is 33.4 Å². The van der Waals surface area contributed by atoms with Crippen molar-refractivity contribution in [2.24, 2.45) is 0 Å². The summed E-state index contributed by atoms with van der Waals surface area (Å²) in [5.74, 6) is -0.207. The molecule has 0 saturated carbocycles. The van der Waals surface area contributed by atoms with Gasteiger partial charge < -0.3 is 5.73 Å². The van der Waals surface area contributed by atoms with Gasteiger partial charge in [0.2, 0.25) is 5.95 Å². The minimum atomic E-state index is -0.390. The number of benzene rings is 2. The Morgan fingerprint density at radius 3 is 2.80 bits per heavy atom. The van der Waals surface area contributed by atoms with E-state index in [-0.39, 0.29) is 11.8 Å². The van der Waals surface area contributed by atoms with E-state index >= 15 is 0 Å². The van der Waals surface area contributed by atoms with E-state index in [4.69, 9.17) is 22.6 Å². The number of hydrogen-bond donors (Lipinski definition) is 1. The van der Waals surface area contributed by atoms with Crippen molar-refractivity contribution in [1.29, 1.82) is 5.26 Å². The van der Waals surface area contributed by atoms with E-state index in [1.165, 1.54) is 12.1 Å². The Morgan fingerprint density at radius 1 is 1.25 bits per heavy atom. The lowest BCUT2D eigenvalue weighted by atomic mass is 10.2. The number of halogens is 2. The van der Waals surface area contributed by atoms with Gasteiger partial charge in [0.15, 0.2) is 0 Å². The van der Waals surface area contributed by atoms with Crippen LogP contribution in [-0.2, 0) is 0 Å². The summed E-state index contributed by atoms with van der Waals surface area (Å²) in [7, 11) is 0. The first-order valence-corrected chi connectivity index (χ1v) is 6.11. The van der Waals surface area contributed by atoms with Crippen LogP contribution in [0.4, 0.5) is 10.3 Å². The molecule has 0 amide bonds. The Morgan fingerprint density at radius 2 is 2.05 bits per heavy atom. The predicted molar refractivity (Wildman–Crippen MR) is 75.2 cm³/mol. The molecule has 1 aromatic heterocycles. The quantitative estimate of drug-likeness (QED) is 0.746. The van der Waals surface area contributed by atoms with Gasteiger partial charge in [0.25, 0.3) is 0 Å². The molecule has 2 aromatic carbocycles. The number of aromatic nitrogens is 2. The van der Waals surface area contributed by atoms with E-state index in [2.05, 4.69) is 4.98 Å². The van der Waals surface area contributed by atoms with Gasteiger partial charge in [-0.05, 0) is 30.3 Å². The zero-order chi connectivity index (χ0) is 14.3. The molecular weight excluding hydrogens is 279 g/mol. The van der Waals surface area contributed by atoms with E-state index in [1.54, 1.807) is 28.8 Å². The van der Waals surface area contributed by atoms with Gasteiger partial charge in [-0.1, -0.05) is 11.6 Å². The van der Waals surface area contributed by atoms with Crippen LogP contribution in [0.1, 0.15) is 5.56 Å². The fourth-order valence-electron chi connectivity index (χ4n) is 2.08. The van der Waals surface area contributed by atoms with Crippen molar-refractivity contribution < 1.29 is 4.39 Å². The summed E-state index contributed by atoms with van der Waals surface area (Å²) >= 11 is 6.16. The van der Waals surface area contributed by atoms with Crippen molar-refractivity contribution in [3.8, 4) is 11.8 Å². The maximum absolute atomic E-state index is 13.2. The van der Waals surface area contributed by atoms with Gasteiger partial charge in [-0.3, -0.25) is 4.57 Å². The zero-order valence-corrected chi connectivity index (χ0v) is 10.9. The molecule has 0 unspecified atom stereocenters. The molecule has 20 heavy (non-hydrogen) atoms. The average Bonchev–Trinajstić information content (AvgIpc) is 2.74. The minimum Gasteiger partial charge on any atom is -0.369 e. The summed E-state index contributed by atoms with van der Waals surface area (Å²) in [5, 5.41) is 9.40. The number of nitrogens with zero attached hydrogens (tertiary/aromatic N) is 3. The first-order chi connectivity index (χ1) is 9.60. The summed E-state index contributed by atoms with van der Waals surface area (Å²) in [6, 6.07) is 11.1. The Hall–Kier alpha value is -2.58. The van der Waals surface area contributed by atoms with Crippen molar-refractivity contribution >= 4 is 28.6 Å². The molecule has 3 rings (SSSR count). The van der Waals surface area contributed by atoms with Crippen LogP contribution in [0.5, 0.6) is 0 Å². The van der Waals surface area contributed by atoms with Crippen LogP contribution < -0.4 is 5.73 Å². The van der Waals surface area contributed by atoms with E-state index in [0.717, 1.165) is 0 Å². The highest BCUT2D eigenvalue weighted by Crippen LogP contribution is 2.29. The normalized spacial score (nSPS) is 10.7. The van der Waals surface area contributed by atoms with Crippen molar-refractivity contribution in [2.75, 3.05) is 5.73 Å². The molecule has 98 valence electrons. The van der Waals surface area contributed by atoms with Crippen molar-refractivity contribution in [3.63, 3.8) is 0 Å². The van der Waals surface area contributed by atoms with Crippen LogP contribution in [0.2, 0.25) is 5.02 Å². The fraction of sp³-hybridized carbons (Fsp3) is 0. The third-order valence-corrected chi connectivity index (χ3v) is 3.28. The van der Waals surface area contributed by atoms with Crippen LogP contribution >= 0.6 is 11.6 Å². The smallest absolute Gasteiger partial charge is 0.205 e. The lowest BCUT2D eigenvalue weighted by Gasteiger charge is -2.09.